The molecule has 5 nitrogen and oxygen atoms in total. The summed E-state index contributed by atoms with van der Waals surface area (Å²) in [6, 6.07) is 3.68. The Labute approximate surface area is 128 Å². The fraction of sp³-hybridized carbons (Fsp3) is 0.600. The molecule has 1 aromatic heterocycles. The fourth-order valence-electron chi connectivity index (χ4n) is 2.27. The number of carbonyl (C=O) groups is 1. The summed E-state index contributed by atoms with van der Waals surface area (Å²) >= 11 is 0. The van der Waals surface area contributed by atoms with E-state index in [1.807, 2.05) is 19.1 Å². The van der Waals surface area contributed by atoms with E-state index in [4.69, 9.17) is 0 Å². The Balaban J connectivity index is 2.24. The maximum absolute atomic E-state index is 12.6. The van der Waals surface area contributed by atoms with Crippen LogP contribution in [0.3, 0.4) is 0 Å². The lowest BCUT2D eigenvalue weighted by Gasteiger charge is -2.26. The Morgan fingerprint density at radius 3 is 2.62 bits per heavy atom. The Hall–Kier alpha value is -1.43. The predicted molar refractivity (Wildman–Crippen MR) is 86.3 cm³/mol. The SMILES string of the molecule is CCNc1cc(C(=O)N2CCS(=O)CC2)cc(C(C)C)n1. The molecule has 1 fully saturated rings. The Morgan fingerprint density at radius 2 is 2.05 bits per heavy atom. The molecule has 0 aromatic carbocycles. The number of nitrogens with zero attached hydrogens (tertiary/aromatic N) is 2. The van der Waals surface area contributed by atoms with Crippen molar-refractivity contribution in [1.82, 2.24) is 9.88 Å². The van der Waals surface area contributed by atoms with Crippen LogP contribution in [0.2, 0.25) is 0 Å². The van der Waals surface area contributed by atoms with Crippen molar-refractivity contribution in [1.29, 1.82) is 0 Å². The van der Waals surface area contributed by atoms with E-state index in [2.05, 4.69) is 24.1 Å². The molecular weight excluding hydrogens is 286 g/mol. The van der Waals surface area contributed by atoms with Crippen LogP contribution in [-0.2, 0) is 10.8 Å². The van der Waals surface area contributed by atoms with Crippen LogP contribution in [0.1, 0.15) is 42.7 Å². The molecule has 2 rings (SSSR count). The molecule has 0 bridgehead atoms. The van der Waals surface area contributed by atoms with Gasteiger partial charge in [0.15, 0.2) is 0 Å². The van der Waals surface area contributed by atoms with Gasteiger partial charge in [-0.3, -0.25) is 9.00 Å². The zero-order chi connectivity index (χ0) is 15.4. The van der Waals surface area contributed by atoms with Gasteiger partial charge in [0, 0.05) is 53.2 Å². The van der Waals surface area contributed by atoms with Crippen molar-refractivity contribution in [2.45, 2.75) is 26.7 Å². The number of amides is 1. The van der Waals surface area contributed by atoms with Crippen molar-refractivity contribution in [2.75, 3.05) is 36.5 Å². The first kappa shape index (κ1) is 15.9. The van der Waals surface area contributed by atoms with Crippen LogP contribution in [0, 0.1) is 0 Å². The van der Waals surface area contributed by atoms with E-state index in [9.17, 15) is 9.00 Å². The molecule has 0 spiro atoms. The number of nitrogens with one attached hydrogen (secondary N) is 1. The van der Waals surface area contributed by atoms with Crippen molar-refractivity contribution in [3.8, 4) is 0 Å². The van der Waals surface area contributed by atoms with Crippen molar-refractivity contribution in [2.24, 2.45) is 0 Å². The van der Waals surface area contributed by atoms with Crippen LogP contribution in [0.25, 0.3) is 0 Å². The van der Waals surface area contributed by atoms with Crippen LogP contribution in [0.4, 0.5) is 5.82 Å². The van der Waals surface area contributed by atoms with Gasteiger partial charge in [-0.05, 0) is 25.0 Å². The summed E-state index contributed by atoms with van der Waals surface area (Å²) in [6.45, 7) is 8.05. The second kappa shape index (κ2) is 7.02. The molecule has 0 atom stereocenters. The highest BCUT2D eigenvalue weighted by molar-refractivity contribution is 7.85. The zero-order valence-corrected chi connectivity index (χ0v) is 13.7. The van der Waals surface area contributed by atoms with Gasteiger partial charge >= 0.3 is 0 Å². The first-order valence-corrected chi connectivity index (χ1v) is 8.90. The molecule has 1 N–H and O–H groups in total. The van der Waals surface area contributed by atoms with Crippen LogP contribution >= 0.6 is 0 Å². The standard InChI is InChI=1S/C15H23N3O2S/c1-4-16-14-10-12(9-13(17-14)11(2)3)15(19)18-5-7-21(20)8-6-18/h9-11H,4-8H2,1-3H3,(H,16,17). The normalized spacial score (nSPS) is 16.3. The van der Waals surface area contributed by atoms with E-state index >= 15 is 0 Å². The van der Waals surface area contributed by atoms with Gasteiger partial charge in [-0.25, -0.2) is 4.98 Å². The Morgan fingerprint density at radius 1 is 1.38 bits per heavy atom. The van der Waals surface area contributed by atoms with E-state index in [-0.39, 0.29) is 11.8 Å². The smallest absolute Gasteiger partial charge is 0.254 e. The molecule has 1 saturated heterocycles. The highest BCUT2D eigenvalue weighted by Crippen LogP contribution is 2.19. The summed E-state index contributed by atoms with van der Waals surface area (Å²) in [7, 11) is -0.772. The van der Waals surface area contributed by atoms with Gasteiger partial charge in [0.2, 0.25) is 0 Å². The van der Waals surface area contributed by atoms with Gasteiger partial charge in [0.05, 0.1) is 0 Å². The second-order valence-electron chi connectivity index (χ2n) is 5.49. The van der Waals surface area contributed by atoms with E-state index in [1.54, 1.807) is 4.90 Å². The van der Waals surface area contributed by atoms with Gasteiger partial charge in [0.25, 0.3) is 5.91 Å². The lowest BCUT2D eigenvalue weighted by molar-refractivity contribution is 0.0771. The Bertz CT molecular complexity index is 536. The molecule has 0 radical (unpaired) electrons. The van der Waals surface area contributed by atoms with Crippen molar-refractivity contribution in [3.63, 3.8) is 0 Å². The minimum atomic E-state index is -0.772. The van der Waals surface area contributed by atoms with Crippen molar-refractivity contribution >= 4 is 22.5 Å². The molecular formula is C15H23N3O2S. The summed E-state index contributed by atoms with van der Waals surface area (Å²) in [5.74, 6) is 2.17. The van der Waals surface area contributed by atoms with E-state index < -0.39 is 10.8 Å². The first-order valence-electron chi connectivity index (χ1n) is 7.41. The molecule has 6 heteroatoms. The summed E-state index contributed by atoms with van der Waals surface area (Å²) in [5.41, 5.74) is 1.58. The molecule has 0 saturated carbocycles. The third kappa shape index (κ3) is 4.03. The topological polar surface area (TPSA) is 62.3 Å². The lowest BCUT2D eigenvalue weighted by Crippen LogP contribution is -2.41. The molecule has 116 valence electrons. The van der Waals surface area contributed by atoms with Gasteiger partial charge < -0.3 is 10.2 Å². The molecule has 21 heavy (non-hydrogen) atoms. The molecule has 2 heterocycles. The van der Waals surface area contributed by atoms with Gasteiger partial charge in [-0.2, -0.15) is 0 Å². The van der Waals surface area contributed by atoms with Crippen LogP contribution in [0.15, 0.2) is 12.1 Å². The minimum Gasteiger partial charge on any atom is -0.370 e. The lowest BCUT2D eigenvalue weighted by atomic mass is 10.1. The molecule has 1 aliphatic rings. The van der Waals surface area contributed by atoms with Gasteiger partial charge in [-0.15, -0.1) is 0 Å². The summed E-state index contributed by atoms with van der Waals surface area (Å²) in [4.78, 5) is 18.9. The quantitative estimate of drug-likeness (QED) is 0.922. The fourth-order valence-corrected chi connectivity index (χ4v) is 3.32. The minimum absolute atomic E-state index is 0.00940. The molecule has 1 amide bonds. The average Bonchev–Trinajstić information content (AvgIpc) is 2.47. The molecule has 1 aliphatic heterocycles. The largest absolute Gasteiger partial charge is 0.370 e. The third-order valence-corrected chi connectivity index (χ3v) is 4.78. The van der Waals surface area contributed by atoms with Crippen LogP contribution in [0.5, 0.6) is 0 Å². The van der Waals surface area contributed by atoms with E-state index in [1.165, 1.54) is 0 Å². The number of pyridine rings is 1. The average molecular weight is 309 g/mol. The summed E-state index contributed by atoms with van der Waals surface area (Å²) < 4.78 is 11.4. The Kier molecular flexibility index (Phi) is 5.33. The number of carbonyl (C=O) groups excluding carboxylic acids is 1. The first-order chi connectivity index (χ1) is 10.0. The number of hydrogen-bond acceptors (Lipinski definition) is 4. The molecule has 1 aromatic rings. The number of aromatic nitrogens is 1. The monoisotopic (exact) mass is 309 g/mol. The van der Waals surface area contributed by atoms with Gasteiger partial charge in [0.1, 0.15) is 5.82 Å². The summed E-state index contributed by atoms with van der Waals surface area (Å²) in [5, 5.41) is 3.18. The number of hydrogen-bond donors (Lipinski definition) is 1. The van der Waals surface area contributed by atoms with E-state index in [0.717, 1.165) is 18.1 Å². The third-order valence-electron chi connectivity index (χ3n) is 3.51. The zero-order valence-electron chi connectivity index (χ0n) is 12.9. The highest BCUT2D eigenvalue weighted by atomic mass is 32.2. The van der Waals surface area contributed by atoms with Crippen LogP contribution < -0.4 is 5.32 Å². The van der Waals surface area contributed by atoms with E-state index in [0.29, 0.717) is 30.2 Å². The second-order valence-corrected chi connectivity index (χ2v) is 7.19. The van der Waals surface area contributed by atoms with Crippen molar-refractivity contribution < 1.29 is 9.00 Å². The summed E-state index contributed by atoms with van der Waals surface area (Å²) in [6.07, 6.45) is 0. The predicted octanol–water partition coefficient (Wildman–Crippen LogP) is 1.84. The molecule has 0 aliphatic carbocycles. The maximum atomic E-state index is 12.6. The van der Waals surface area contributed by atoms with Gasteiger partial charge in [-0.1, -0.05) is 13.8 Å². The number of anilines is 1. The highest BCUT2D eigenvalue weighted by Gasteiger charge is 2.22. The van der Waals surface area contributed by atoms with Crippen molar-refractivity contribution in [3.05, 3.63) is 23.4 Å². The maximum Gasteiger partial charge on any atom is 0.254 e. The number of rotatable bonds is 4. The van der Waals surface area contributed by atoms with Crippen LogP contribution in [-0.4, -0.2) is 51.1 Å². The molecule has 0 unspecified atom stereocenters.